The van der Waals surface area contributed by atoms with E-state index in [1.165, 1.54) is 3.57 Å². The van der Waals surface area contributed by atoms with Gasteiger partial charge in [-0.1, -0.05) is 22.6 Å². The van der Waals surface area contributed by atoms with Crippen molar-refractivity contribution >= 4 is 51.1 Å². The van der Waals surface area contributed by atoms with Gasteiger partial charge >= 0.3 is 0 Å². The summed E-state index contributed by atoms with van der Waals surface area (Å²) in [5, 5.41) is 0. The van der Waals surface area contributed by atoms with Crippen molar-refractivity contribution in [1.82, 2.24) is 4.90 Å². The van der Waals surface area contributed by atoms with Crippen molar-refractivity contribution in [3.05, 3.63) is 33.4 Å². The fourth-order valence-corrected chi connectivity index (χ4v) is 2.74. The van der Waals surface area contributed by atoms with E-state index in [9.17, 15) is 4.79 Å². The van der Waals surface area contributed by atoms with Crippen LogP contribution in [0.3, 0.4) is 0 Å². The van der Waals surface area contributed by atoms with Crippen LogP contribution < -0.4 is 0 Å². The number of hydrogen-bond acceptors (Lipinski definition) is 1. The van der Waals surface area contributed by atoms with Crippen molar-refractivity contribution in [2.75, 3.05) is 13.1 Å². The average molecular weight is 441 g/mol. The van der Waals surface area contributed by atoms with Crippen molar-refractivity contribution in [3.63, 3.8) is 0 Å². The molecule has 0 bridgehead atoms. The summed E-state index contributed by atoms with van der Waals surface area (Å²) in [6.07, 6.45) is 2.24. The molecule has 0 N–H and O–H groups in total. The summed E-state index contributed by atoms with van der Waals surface area (Å²) in [4.78, 5) is 14.1. The first kappa shape index (κ1) is 12.6. The molecule has 4 heteroatoms. The number of benzene rings is 1. The largest absolute Gasteiger partial charge is 0.339 e. The van der Waals surface area contributed by atoms with Crippen LogP contribution in [0.15, 0.2) is 24.3 Å². The zero-order valence-electron chi connectivity index (χ0n) is 8.83. The molecule has 2 rings (SSSR count). The molecule has 86 valence electrons. The minimum Gasteiger partial charge on any atom is -0.339 e. The van der Waals surface area contributed by atoms with Gasteiger partial charge in [0, 0.05) is 26.1 Å². The number of likely N-dealkylation sites (tertiary alicyclic amines) is 1. The molecule has 1 fully saturated rings. The third kappa shape index (κ3) is 3.09. The lowest BCUT2D eigenvalue weighted by atomic mass is 10.1. The fourth-order valence-electron chi connectivity index (χ4n) is 1.83. The first-order valence-corrected chi connectivity index (χ1v) is 7.68. The Morgan fingerprint density at radius 3 is 2.31 bits per heavy atom. The quantitative estimate of drug-likeness (QED) is 0.484. The van der Waals surface area contributed by atoms with Gasteiger partial charge in [0.05, 0.1) is 0 Å². The fraction of sp³-hybridized carbons (Fsp3) is 0.417. The molecule has 16 heavy (non-hydrogen) atoms. The monoisotopic (exact) mass is 441 g/mol. The summed E-state index contributed by atoms with van der Waals surface area (Å²) >= 11 is 4.72. The second-order valence-electron chi connectivity index (χ2n) is 3.97. The van der Waals surface area contributed by atoms with Gasteiger partial charge in [-0.15, -0.1) is 0 Å². The lowest BCUT2D eigenvalue weighted by Gasteiger charge is -2.29. The number of alkyl halides is 1. The SMILES string of the molecule is O=C(c1ccc(I)cc1)N1CCC(I)CC1. The van der Waals surface area contributed by atoms with Crippen molar-refractivity contribution in [1.29, 1.82) is 0 Å². The third-order valence-corrected chi connectivity index (χ3v) is 4.77. The average Bonchev–Trinajstić information content (AvgIpc) is 2.30. The molecule has 0 unspecified atom stereocenters. The van der Waals surface area contributed by atoms with Crippen LogP contribution >= 0.6 is 45.2 Å². The Balaban J connectivity index is 2.05. The van der Waals surface area contributed by atoms with E-state index in [0.717, 1.165) is 35.4 Å². The lowest BCUT2D eigenvalue weighted by molar-refractivity contribution is 0.0729. The van der Waals surface area contributed by atoms with Crippen LogP contribution in [0.4, 0.5) is 0 Å². The van der Waals surface area contributed by atoms with Crippen LogP contribution in [0.5, 0.6) is 0 Å². The Labute approximate surface area is 123 Å². The number of carbonyl (C=O) groups is 1. The van der Waals surface area contributed by atoms with E-state index in [1.807, 2.05) is 29.2 Å². The summed E-state index contributed by atoms with van der Waals surface area (Å²) in [7, 11) is 0. The van der Waals surface area contributed by atoms with Gasteiger partial charge in [-0.25, -0.2) is 0 Å². The third-order valence-electron chi connectivity index (χ3n) is 2.80. The standard InChI is InChI=1S/C12H13I2NO/c13-10-3-1-9(2-4-10)12(16)15-7-5-11(14)6-8-15/h1-4,11H,5-8H2. The van der Waals surface area contributed by atoms with Gasteiger partial charge < -0.3 is 4.90 Å². The van der Waals surface area contributed by atoms with Crippen LogP contribution in [0.1, 0.15) is 23.2 Å². The van der Waals surface area contributed by atoms with Gasteiger partial charge in [0.15, 0.2) is 0 Å². The molecule has 0 saturated carbocycles. The molecule has 0 spiro atoms. The minimum absolute atomic E-state index is 0.180. The Morgan fingerprint density at radius 1 is 1.19 bits per heavy atom. The molecular weight excluding hydrogens is 428 g/mol. The molecule has 0 aromatic heterocycles. The lowest BCUT2D eigenvalue weighted by Crippen LogP contribution is -2.38. The Morgan fingerprint density at radius 2 is 1.75 bits per heavy atom. The van der Waals surface area contributed by atoms with Crippen molar-refractivity contribution in [2.45, 2.75) is 16.8 Å². The van der Waals surface area contributed by atoms with Gasteiger partial charge in [-0.2, -0.15) is 0 Å². The van der Waals surface area contributed by atoms with Crippen LogP contribution in [0.2, 0.25) is 0 Å². The van der Waals surface area contributed by atoms with Crippen LogP contribution in [-0.4, -0.2) is 27.8 Å². The number of nitrogens with zero attached hydrogens (tertiary/aromatic N) is 1. The number of piperidine rings is 1. The summed E-state index contributed by atoms with van der Waals surface area (Å²) in [5.41, 5.74) is 0.812. The van der Waals surface area contributed by atoms with Crippen molar-refractivity contribution in [3.8, 4) is 0 Å². The molecule has 0 radical (unpaired) electrons. The molecule has 2 nitrogen and oxygen atoms in total. The number of halogens is 2. The van der Waals surface area contributed by atoms with E-state index < -0.39 is 0 Å². The van der Waals surface area contributed by atoms with E-state index in [2.05, 4.69) is 45.2 Å². The molecule has 1 heterocycles. The molecule has 1 aliphatic rings. The normalized spacial score (nSPS) is 17.5. The Bertz CT molecular complexity index is 369. The number of amides is 1. The molecule has 0 aliphatic carbocycles. The van der Waals surface area contributed by atoms with Gasteiger partial charge in [-0.3, -0.25) is 4.79 Å². The maximum atomic E-state index is 12.1. The van der Waals surface area contributed by atoms with E-state index in [1.54, 1.807) is 0 Å². The maximum absolute atomic E-state index is 12.1. The van der Waals surface area contributed by atoms with Gasteiger partial charge in [0.1, 0.15) is 0 Å². The second-order valence-corrected chi connectivity index (χ2v) is 6.98. The highest BCUT2D eigenvalue weighted by molar-refractivity contribution is 14.1. The van der Waals surface area contributed by atoms with E-state index >= 15 is 0 Å². The van der Waals surface area contributed by atoms with Crippen molar-refractivity contribution < 1.29 is 4.79 Å². The predicted octanol–water partition coefficient (Wildman–Crippen LogP) is 3.33. The van der Waals surface area contributed by atoms with E-state index in [4.69, 9.17) is 0 Å². The smallest absolute Gasteiger partial charge is 0.253 e. The van der Waals surface area contributed by atoms with E-state index in [0.29, 0.717) is 0 Å². The first-order chi connectivity index (χ1) is 7.66. The summed E-state index contributed by atoms with van der Waals surface area (Å²) in [5.74, 6) is 0.180. The topological polar surface area (TPSA) is 20.3 Å². The van der Waals surface area contributed by atoms with Gasteiger partial charge in [0.2, 0.25) is 0 Å². The van der Waals surface area contributed by atoms with E-state index in [-0.39, 0.29) is 5.91 Å². The molecule has 1 aliphatic heterocycles. The van der Waals surface area contributed by atoms with Crippen LogP contribution in [0, 0.1) is 3.57 Å². The molecule has 1 aromatic carbocycles. The zero-order chi connectivity index (χ0) is 11.5. The van der Waals surface area contributed by atoms with Crippen LogP contribution in [0.25, 0.3) is 0 Å². The summed E-state index contributed by atoms with van der Waals surface area (Å²) in [6.45, 7) is 1.80. The molecule has 1 aromatic rings. The first-order valence-electron chi connectivity index (χ1n) is 5.36. The van der Waals surface area contributed by atoms with Crippen molar-refractivity contribution in [2.24, 2.45) is 0 Å². The maximum Gasteiger partial charge on any atom is 0.253 e. The predicted molar refractivity (Wildman–Crippen MR) is 82.1 cm³/mol. The number of rotatable bonds is 1. The highest BCUT2D eigenvalue weighted by Gasteiger charge is 2.21. The minimum atomic E-state index is 0.180. The highest BCUT2D eigenvalue weighted by atomic mass is 127. The molecule has 1 amide bonds. The molecular formula is C12H13I2NO. The second kappa shape index (κ2) is 5.66. The van der Waals surface area contributed by atoms with Gasteiger partial charge in [0.25, 0.3) is 5.91 Å². The number of hydrogen-bond donors (Lipinski definition) is 0. The van der Waals surface area contributed by atoms with Gasteiger partial charge in [-0.05, 0) is 59.7 Å². The molecule has 1 saturated heterocycles. The summed E-state index contributed by atoms with van der Waals surface area (Å²) < 4.78 is 1.90. The highest BCUT2D eigenvalue weighted by Crippen LogP contribution is 2.19. The zero-order valence-corrected chi connectivity index (χ0v) is 13.1. The number of carbonyl (C=O) groups excluding carboxylic acids is 1. The Hall–Kier alpha value is 0.150. The Kier molecular flexibility index (Phi) is 4.46. The van der Waals surface area contributed by atoms with Crippen LogP contribution in [-0.2, 0) is 0 Å². The summed E-state index contributed by atoms with van der Waals surface area (Å²) in [6, 6.07) is 7.80. The molecule has 0 atom stereocenters.